The van der Waals surface area contributed by atoms with Crippen molar-refractivity contribution in [3.05, 3.63) is 88.1 Å². The number of benzene rings is 2. The SMILES string of the molecule is Cc1ncsc1-c1ccc(CNC(=O)C2CC(O)CN2C(=O)C(NC(=O)C2CCC(C(=O)N3CCC(C#Cc4ccc(C5CCN(C6=Nn7c(nnc7C(F)(F)F)CC6)CC5)cc4)CC3)CC2)C(C)(C)C)cc1. The van der Waals surface area contributed by atoms with Gasteiger partial charge in [-0.1, -0.05) is 69.0 Å². The highest BCUT2D eigenvalue weighted by Crippen LogP contribution is 2.35. The van der Waals surface area contributed by atoms with Crippen LogP contribution in [0.4, 0.5) is 13.2 Å². The van der Waals surface area contributed by atoms with E-state index in [-0.39, 0.29) is 60.8 Å². The molecular formula is C54H65F3N10O5S. The number of hydrogen-bond acceptors (Lipinski definition) is 11. The number of fused-ring (bicyclic) bond motifs is 1. The molecule has 0 spiro atoms. The van der Waals surface area contributed by atoms with Crippen molar-refractivity contribution in [1.82, 2.24) is 45.2 Å². The number of nitrogens with zero attached hydrogens (tertiary/aromatic N) is 8. The van der Waals surface area contributed by atoms with Crippen LogP contribution >= 0.6 is 11.3 Å². The number of likely N-dealkylation sites (tertiary alicyclic amines) is 3. The summed E-state index contributed by atoms with van der Waals surface area (Å²) in [5.41, 5.74) is 6.18. The number of halogens is 3. The smallest absolute Gasteiger partial charge is 0.391 e. The lowest BCUT2D eigenvalue weighted by Crippen LogP contribution is -2.58. The molecule has 4 fully saturated rings. The number of rotatable bonds is 9. The lowest BCUT2D eigenvalue weighted by Gasteiger charge is -2.37. The lowest BCUT2D eigenvalue weighted by atomic mass is 9.79. The Morgan fingerprint density at radius 1 is 0.849 bits per heavy atom. The molecule has 19 heteroatoms. The van der Waals surface area contributed by atoms with Crippen LogP contribution in [0.3, 0.4) is 0 Å². The minimum absolute atomic E-state index is 0.00621. The van der Waals surface area contributed by atoms with Crippen molar-refractivity contribution < 1.29 is 37.5 Å². The first-order chi connectivity index (χ1) is 34.9. The zero-order valence-corrected chi connectivity index (χ0v) is 42.8. The quantitative estimate of drug-likeness (QED) is 0.150. The zero-order valence-electron chi connectivity index (χ0n) is 42.0. The molecule has 1 aliphatic carbocycles. The summed E-state index contributed by atoms with van der Waals surface area (Å²) in [5.74, 6) is 5.68. The molecule has 3 unspecified atom stereocenters. The summed E-state index contributed by atoms with van der Waals surface area (Å²) >= 11 is 1.57. The number of hydrogen-bond donors (Lipinski definition) is 3. The Morgan fingerprint density at radius 3 is 2.18 bits per heavy atom. The first-order valence-corrected chi connectivity index (χ1v) is 26.6. The van der Waals surface area contributed by atoms with E-state index in [9.17, 15) is 37.5 Å². The molecule has 0 bridgehead atoms. The number of β-amino-alcohol motifs (C(OH)–C–C–N with tert-alkyl or cyclic N) is 1. The van der Waals surface area contributed by atoms with E-state index in [1.165, 1.54) is 10.5 Å². The number of carbonyl (C=O) groups is 4. The number of aliphatic hydroxyl groups is 1. The van der Waals surface area contributed by atoms with Crippen LogP contribution in [0, 0.1) is 41.9 Å². The molecule has 6 heterocycles. The van der Waals surface area contributed by atoms with Gasteiger partial charge in [-0.05, 0) is 98.4 Å². The van der Waals surface area contributed by atoms with Gasteiger partial charge >= 0.3 is 6.18 Å². The van der Waals surface area contributed by atoms with Gasteiger partial charge in [0.2, 0.25) is 23.6 Å². The summed E-state index contributed by atoms with van der Waals surface area (Å²) in [5, 5.41) is 28.0. The maximum Gasteiger partial charge on any atom is 0.453 e. The van der Waals surface area contributed by atoms with E-state index in [1.54, 1.807) is 11.3 Å². The summed E-state index contributed by atoms with van der Waals surface area (Å²) in [6.07, 6.45) is 1.04. The maximum atomic E-state index is 14.3. The molecule has 73 heavy (non-hydrogen) atoms. The van der Waals surface area contributed by atoms with Gasteiger partial charge in [0.15, 0.2) is 5.82 Å². The van der Waals surface area contributed by atoms with Crippen molar-refractivity contribution in [2.45, 2.75) is 135 Å². The Bertz CT molecular complexity index is 2730. The minimum atomic E-state index is -4.62. The summed E-state index contributed by atoms with van der Waals surface area (Å²) in [6, 6.07) is 14.4. The highest BCUT2D eigenvalue weighted by Gasteiger charge is 2.46. The van der Waals surface area contributed by atoms with Crippen molar-refractivity contribution in [2.24, 2.45) is 28.3 Å². The number of aliphatic hydroxyl groups excluding tert-OH is 1. The summed E-state index contributed by atoms with van der Waals surface area (Å²) < 4.78 is 41.1. The largest absolute Gasteiger partial charge is 0.453 e. The van der Waals surface area contributed by atoms with Crippen LogP contribution in [-0.4, -0.2) is 120 Å². The molecule has 3 saturated heterocycles. The monoisotopic (exact) mass is 1020 g/mol. The Hall–Kier alpha value is -6.13. The standard InChI is InChI=1S/C54H65F3N10O5S/c1-33-46(73-32-59-33)39-13-9-36(10-14-39)30-58-49(70)43-29-42(68)31-66(43)51(72)47(53(2,3)4)60-48(69)40-15-17-41(18-16-40)50(71)65-25-21-35(22-26-65)6-5-34-7-11-37(12-8-34)38-23-27-64(28-24-38)45-20-19-44-61-62-52(54(55,56)57)67(44)63-45/h7-14,32,35,38,40-43,47,68H,15-31H2,1-4H3,(H,58,70)(H,60,69). The third-order valence-corrected chi connectivity index (χ3v) is 16.3. The van der Waals surface area contributed by atoms with Gasteiger partial charge in [-0.15, -0.1) is 21.5 Å². The molecule has 4 aromatic rings. The van der Waals surface area contributed by atoms with Gasteiger partial charge < -0.3 is 30.4 Å². The molecule has 9 rings (SSSR count). The van der Waals surface area contributed by atoms with Gasteiger partial charge in [-0.3, -0.25) is 19.2 Å². The second-order valence-corrected chi connectivity index (χ2v) is 22.3. The number of alkyl halides is 3. The Morgan fingerprint density at radius 2 is 1.53 bits per heavy atom. The first-order valence-electron chi connectivity index (χ1n) is 25.7. The predicted octanol–water partition coefficient (Wildman–Crippen LogP) is 6.92. The molecule has 15 nitrogen and oxygen atoms in total. The number of nitrogens with one attached hydrogen (secondary N) is 2. The third-order valence-electron chi connectivity index (χ3n) is 15.4. The average molecular weight is 1020 g/mol. The number of amidine groups is 1. The van der Waals surface area contributed by atoms with Crippen LogP contribution in [0.1, 0.15) is 125 Å². The molecule has 2 aromatic carbocycles. The van der Waals surface area contributed by atoms with Crippen LogP contribution in [0.2, 0.25) is 0 Å². The van der Waals surface area contributed by atoms with Crippen LogP contribution in [0.15, 0.2) is 59.1 Å². The molecule has 388 valence electrons. The van der Waals surface area contributed by atoms with Crippen LogP contribution in [0.25, 0.3) is 10.4 Å². The number of carbonyl (C=O) groups excluding carboxylic acids is 4. The fraction of sp³-hybridized carbons (Fsp3) is 0.556. The van der Waals surface area contributed by atoms with E-state index in [2.05, 4.69) is 59.8 Å². The second kappa shape index (κ2) is 21.8. The van der Waals surface area contributed by atoms with Crippen molar-refractivity contribution >= 4 is 40.8 Å². The number of aromatic nitrogens is 4. The summed E-state index contributed by atoms with van der Waals surface area (Å²) in [6.45, 7) is 10.5. The molecule has 3 atom stereocenters. The first kappa shape index (κ1) is 51.8. The van der Waals surface area contributed by atoms with E-state index in [0.717, 1.165) is 57.6 Å². The lowest BCUT2D eigenvalue weighted by molar-refractivity contribution is -0.147. The maximum absolute atomic E-state index is 14.3. The minimum Gasteiger partial charge on any atom is -0.391 e. The third kappa shape index (κ3) is 12.0. The van der Waals surface area contributed by atoms with Crippen molar-refractivity contribution in [2.75, 3.05) is 32.7 Å². The summed E-state index contributed by atoms with van der Waals surface area (Å²) in [4.78, 5) is 66.3. The highest BCUT2D eigenvalue weighted by molar-refractivity contribution is 7.13. The van der Waals surface area contributed by atoms with Crippen LogP contribution in [0.5, 0.6) is 0 Å². The molecule has 3 N–H and O–H groups in total. The normalized spacial score (nSPS) is 22.5. The van der Waals surface area contributed by atoms with Gasteiger partial charge in [0, 0.05) is 81.8 Å². The molecule has 4 amide bonds. The number of thiazole rings is 1. The van der Waals surface area contributed by atoms with Crippen molar-refractivity contribution in [1.29, 1.82) is 0 Å². The number of piperidine rings is 2. The van der Waals surface area contributed by atoms with Gasteiger partial charge in [-0.2, -0.15) is 22.9 Å². The Balaban J connectivity index is 0.703. The molecule has 1 saturated carbocycles. The zero-order chi connectivity index (χ0) is 51.6. The number of amides is 4. The fourth-order valence-electron chi connectivity index (χ4n) is 11.0. The van der Waals surface area contributed by atoms with E-state index in [0.29, 0.717) is 76.5 Å². The molecular weight excluding hydrogens is 958 g/mol. The highest BCUT2D eigenvalue weighted by atomic mass is 32.1. The fourth-order valence-corrected chi connectivity index (χ4v) is 11.8. The predicted molar refractivity (Wildman–Crippen MR) is 269 cm³/mol. The summed E-state index contributed by atoms with van der Waals surface area (Å²) in [7, 11) is 0. The van der Waals surface area contributed by atoms with Gasteiger partial charge in [0.25, 0.3) is 5.82 Å². The van der Waals surface area contributed by atoms with Gasteiger partial charge in [0.1, 0.15) is 17.9 Å². The topological polar surface area (TPSA) is 178 Å². The Kier molecular flexibility index (Phi) is 15.4. The van der Waals surface area contributed by atoms with E-state index in [4.69, 9.17) is 0 Å². The second-order valence-electron chi connectivity index (χ2n) is 21.5. The molecule has 2 aromatic heterocycles. The Labute approximate surface area is 428 Å². The van der Waals surface area contributed by atoms with Crippen LogP contribution in [-0.2, 0) is 38.3 Å². The van der Waals surface area contributed by atoms with E-state index < -0.39 is 41.5 Å². The molecule has 0 radical (unpaired) electrons. The van der Waals surface area contributed by atoms with Crippen LogP contribution < -0.4 is 10.6 Å². The van der Waals surface area contributed by atoms with E-state index >= 15 is 0 Å². The number of aryl methyl sites for hydroxylation is 2. The van der Waals surface area contributed by atoms with Gasteiger partial charge in [0.05, 0.1) is 22.2 Å². The molecule has 4 aliphatic heterocycles. The van der Waals surface area contributed by atoms with Crippen molar-refractivity contribution in [3.8, 4) is 22.3 Å². The van der Waals surface area contributed by atoms with Crippen molar-refractivity contribution in [3.63, 3.8) is 0 Å². The molecule has 5 aliphatic rings. The van der Waals surface area contributed by atoms with E-state index in [1.807, 2.05) is 74.5 Å². The average Bonchev–Trinajstić information content (AvgIpc) is 4.14. The van der Waals surface area contributed by atoms with Gasteiger partial charge in [-0.25, -0.2) is 4.98 Å².